The van der Waals surface area contributed by atoms with E-state index in [2.05, 4.69) is 55.8 Å². The first-order valence-electron chi connectivity index (χ1n) is 6.44. The summed E-state index contributed by atoms with van der Waals surface area (Å²) in [6.07, 6.45) is 2.67. The molecule has 100 valence electrons. The van der Waals surface area contributed by atoms with E-state index in [1.165, 1.54) is 5.56 Å². The molecule has 0 bridgehead atoms. The SMILES string of the molecule is CCn1cnnc1CC1(c2cccc(Br)c2)COC1. The molecule has 0 saturated carbocycles. The van der Waals surface area contributed by atoms with Gasteiger partial charge in [-0.1, -0.05) is 28.1 Å². The Labute approximate surface area is 120 Å². The average molecular weight is 322 g/mol. The van der Waals surface area contributed by atoms with Crippen LogP contribution < -0.4 is 0 Å². The lowest BCUT2D eigenvalue weighted by molar-refractivity contribution is -0.0612. The molecule has 2 heterocycles. The van der Waals surface area contributed by atoms with E-state index >= 15 is 0 Å². The van der Waals surface area contributed by atoms with Gasteiger partial charge in [-0.2, -0.15) is 0 Å². The van der Waals surface area contributed by atoms with E-state index in [0.29, 0.717) is 0 Å². The maximum Gasteiger partial charge on any atom is 0.133 e. The molecule has 0 atom stereocenters. The van der Waals surface area contributed by atoms with E-state index in [1.54, 1.807) is 6.33 Å². The first-order valence-corrected chi connectivity index (χ1v) is 7.23. The normalized spacial score (nSPS) is 17.2. The number of aromatic nitrogens is 3. The van der Waals surface area contributed by atoms with Crippen LogP contribution in [0.3, 0.4) is 0 Å². The van der Waals surface area contributed by atoms with Gasteiger partial charge in [-0.25, -0.2) is 0 Å². The monoisotopic (exact) mass is 321 g/mol. The fourth-order valence-corrected chi connectivity index (χ4v) is 2.92. The highest BCUT2D eigenvalue weighted by atomic mass is 79.9. The van der Waals surface area contributed by atoms with Gasteiger partial charge in [0.25, 0.3) is 0 Å². The van der Waals surface area contributed by atoms with Crippen molar-refractivity contribution in [3.63, 3.8) is 0 Å². The summed E-state index contributed by atoms with van der Waals surface area (Å²) in [4.78, 5) is 0. The van der Waals surface area contributed by atoms with Crippen molar-refractivity contribution in [1.82, 2.24) is 14.8 Å². The van der Waals surface area contributed by atoms with Gasteiger partial charge in [0, 0.05) is 22.9 Å². The lowest BCUT2D eigenvalue weighted by atomic mass is 9.75. The van der Waals surface area contributed by atoms with Gasteiger partial charge in [-0.15, -0.1) is 10.2 Å². The highest BCUT2D eigenvalue weighted by Gasteiger charge is 2.41. The molecule has 1 aromatic carbocycles. The van der Waals surface area contributed by atoms with Gasteiger partial charge in [-0.05, 0) is 24.6 Å². The van der Waals surface area contributed by atoms with Crippen molar-refractivity contribution in [2.45, 2.75) is 25.3 Å². The van der Waals surface area contributed by atoms with Gasteiger partial charge < -0.3 is 9.30 Å². The molecule has 0 N–H and O–H groups in total. The van der Waals surface area contributed by atoms with Crippen LogP contribution in [-0.2, 0) is 23.1 Å². The molecule has 1 aliphatic heterocycles. The van der Waals surface area contributed by atoms with E-state index in [0.717, 1.165) is 36.5 Å². The molecule has 0 radical (unpaired) electrons. The van der Waals surface area contributed by atoms with Gasteiger partial charge in [0.2, 0.25) is 0 Å². The Morgan fingerprint density at radius 3 is 2.89 bits per heavy atom. The quantitative estimate of drug-likeness (QED) is 0.869. The Balaban J connectivity index is 1.92. The van der Waals surface area contributed by atoms with Crippen molar-refractivity contribution in [3.05, 3.63) is 46.5 Å². The van der Waals surface area contributed by atoms with Crippen LogP contribution in [0.15, 0.2) is 35.1 Å². The maximum absolute atomic E-state index is 5.48. The van der Waals surface area contributed by atoms with Crippen LogP contribution in [0.25, 0.3) is 0 Å². The van der Waals surface area contributed by atoms with E-state index < -0.39 is 0 Å². The fraction of sp³-hybridized carbons (Fsp3) is 0.429. The highest BCUT2D eigenvalue weighted by molar-refractivity contribution is 9.10. The van der Waals surface area contributed by atoms with Crippen molar-refractivity contribution >= 4 is 15.9 Å². The van der Waals surface area contributed by atoms with Crippen molar-refractivity contribution < 1.29 is 4.74 Å². The van der Waals surface area contributed by atoms with Crippen molar-refractivity contribution in [2.75, 3.05) is 13.2 Å². The second-order valence-electron chi connectivity index (χ2n) is 4.99. The standard InChI is InChI=1S/C14H16BrN3O/c1-2-18-10-16-17-13(18)7-14(8-19-9-14)11-4-3-5-12(15)6-11/h3-6,10H,2,7-9H2,1H3. The topological polar surface area (TPSA) is 39.9 Å². The second-order valence-corrected chi connectivity index (χ2v) is 5.91. The molecule has 1 aliphatic rings. The smallest absolute Gasteiger partial charge is 0.133 e. The molecule has 2 aromatic rings. The number of benzene rings is 1. The summed E-state index contributed by atoms with van der Waals surface area (Å²) in [7, 11) is 0. The van der Waals surface area contributed by atoms with E-state index in [4.69, 9.17) is 4.74 Å². The third-order valence-electron chi connectivity index (χ3n) is 3.73. The number of ether oxygens (including phenoxy) is 1. The zero-order chi connectivity index (χ0) is 13.3. The van der Waals surface area contributed by atoms with E-state index in [9.17, 15) is 0 Å². The van der Waals surface area contributed by atoms with Crippen LogP contribution in [0.5, 0.6) is 0 Å². The number of nitrogens with zero attached hydrogens (tertiary/aromatic N) is 3. The molecule has 0 unspecified atom stereocenters. The van der Waals surface area contributed by atoms with E-state index in [-0.39, 0.29) is 5.41 Å². The Bertz CT molecular complexity index is 578. The maximum atomic E-state index is 5.48. The Kier molecular flexibility index (Phi) is 3.41. The van der Waals surface area contributed by atoms with Crippen LogP contribution in [0.4, 0.5) is 0 Å². The first kappa shape index (κ1) is 12.8. The fourth-order valence-electron chi connectivity index (χ4n) is 2.52. The molecule has 3 rings (SSSR count). The van der Waals surface area contributed by atoms with Crippen LogP contribution in [-0.4, -0.2) is 28.0 Å². The van der Waals surface area contributed by atoms with Gasteiger partial charge in [0.15, 0.2) is 0 Å². The summed E-state index contributed by atoms with van der Waals surface area (Å²) in [5.41, 5.74) is 1.35. The lowest BCUT2D eigenvalue weighted by Gasteiger charge is -2.41. The van der Waals surface area contributed by atoms with Crippen molar-refractivity contribution in [1.29, 1.82) is 0 Å². The molecule has 0 amide bonds. The summed E-state index contributed by atoms with van der Waals surface area (Å²) in [6.45, 7) is 4.51. The van der Waals surface area contributed by atoms with Crippen LogP contribution in [0, 0.1) is 0 Å². The number of halogens is 1. The van der Waals surface area contributed by atoms with Crippen molar-refractivity contribution in [3.8, 4) is 0 Å². The van der Waals surface area contributed by atoms with Gasteiger partial charge >= 0.3 is 0 Å². The Morgan fingerprint density at radius 1 is 1.42 bits per heavy atom. The Morgan fingerprint density at radius 2 is 2.26 bits per heavy atom. The zero-order valence-corrected chi connectivity index (χ0v) is 12.4. The Hall–Kier alpha value is -1.20. The minimum absolute atomic E-state index is 0.0454. The molecule has 0 spiro atoms. The predicted molar refractivity (Wildman–Crippen MR) is 76.0 cm³/mol. The minimum Gasteiger partial charge on any atom is -0.379 e. The molecular formula is C14H16BrN3O. The molecule has 4 nitrogen and oxygen atoms in total. The predicted octanol–water partition coefficient (Wildman–Crippen LogP) is 2.57. The molecule has 5 heteroatoms. The van der Waals surface area contributed by atoms with Gasteiger partial charge in [-0.3, -0.25) is 0 Å². The molecule has 1 saturated heterocycles. The number of rotatable bonds is 4. The molecule has 1 aromatic heterocycles. The molecular weight excluding hydrogens is 306 g/mol. The van der Waals surface area contributed by atoms with Gasteiger partial charge in [0.1, 0.15) is 12.2 Å². The summed E-state index contributed by atoms with van der Waals surface area (Å²) in [5, 5.41) is 8.26. The first-order chi connectivity index (χ1) is 9.23. The number of aryl methyl sites for hydroxylation is 1. The summed E-state index contributed by atoms with van der Waals surface area (Å²) in [5.74, 6) is 1.03. The number of hydrogen-bond acceptors (Lipinski definition) is 3. The summed E-state index contributed by atoms with van der Waals surface area (Å²) in [6, 6.07) is 8.46. The van der Waals surface area contributed by atoms with Crippen LogP contribution in [0.1, 0.15) is 18.3 Å². The minimum atomic E-state index is 0.0454. The highest BCUT2D eigenvalue weighted by Crippen LogP contribution is 2.36. The molecule has 0 aliphatic carbocycles. The summed E-state index contributed by atoms with van der Waals surface area (Å²) < 4.78 is 8.68. The summed E-state index contributed by atoms with van der Waals surface area (Å²) >= 11 is 3.54. The van der Waals surface area contributed by atoms with Crippen molar-refractivity contribution in [2.24, 2.45) is 0 Å². The van der Waals surface area contributed by atoms with Crippen LogP contribution in [0.2, 0.25) is 0 Å². The third kappa shape index (κ3) is 2.32. The second kappa shape index (κ2) is 5.06. The average Bonchev–Trinajstić information content (AvgIpc) is 2.80. The largest absolute Gasteiger partial charge is 0.379 e. The molecule has 1 fully saturated rings. The van der Waals surface area contributed by atoms with Gasteiger partial charge in [0.05, 0.1) is 13.2 Å². The lowest BCUT2D eigenvalue weighted by Crippen LogP contribution is -2.49. The number of hydrogen-bond donors (Lipinski definition) is 0. The van der Waals surface area contributed by atoms with Crippen LogP contribution >= 0.6 is 15.9 Å². The third-order valence-corrected chi connectivity index (χ3v) is 4.22. The molecule has 19 heavy (non-hydrogen) atoms. The van der Waals surface area contributed by atoms with E-state index in [1.807, 2.05) is 6.07 Å². The zero-order valence-electron chi connectivity index (χ0n) is 10.8.